The Balaban J connectivity index is 1.60. The van der Waals surface area contributed by atoms with Crippen LogP contribution in [-0.2, 0) is 0 Å². The summed E-state index contributed by atoms with van der Waals surface area (Å²) in [5, 5.41) is 3.76. The lowest BCUT2D eigenvalue weighted by atomic mass is 10.3. The van der Waals surface area contributed by atoms with Crippen molar-refractivity contribution in [2.75, 3.05) is 13.1 Å². The van der Waals surface area contributed by atoms with Crippen LogP contribution in [0, 0.1) is 13.8 Å². The van der Waals surface area contributed by atoms with E-state index in [9.17, 15) is 4.79 Å². The average Bonchev–Trinajstić information content (AvgIpc) is 3.10. The van der Waals surface area contributed by atoms with Crippen LogP contribution in [0.25, 0.3) is 0 Å². The summed E-state index contributed by atoms with van der Waals surface area (Å²) in [6.07, 6.45) is 2.53. The van der Waals surface area contributed by atoms with E-state index in [-0.39, 0.29) is 12.0 Å². The highest BCUT2D eigenvalue weighted by Crippen LogP contribution is 2.18. The van der Waals surface area contributed by atoms with Gasteiger partial charge >= 0.3 is 0 Å². The summed E-state index contributed by atoms with van der Waals surface area (Å²) in [7, 11) is 0. The molecule has 21 heavy (non-hydrogen) atoms. The van der Waals surface area contributed by atoms with Crippen molar-refractivity contribution >= 4 is 5.91 Å². The number of aryl methyl sites for hydroxylation is 2. The van der Waals surface area contributed by atoms with Crippen LogP contribution in [0.4, 0.5) is 0 Å². The van der Waals surface area contributed by atoms with E-state index in [1.165, 1.54) is 0 Å². The van der Waals surface area contributed by atoms with Crippen molar-refractivity contribution in [1.29, 1.82) is 0 Å². The number of hydrogen-bond donors (Lipinski definition) is 0. The van der Waals surface area contributed by atoms with Crippen molar-refractivity contribution in [3.05, 3.63) is 41.4 Å². The first kappa shape index (κ1) is 13.6. The predicted molar refractivity (Wildman–Crippen MR) is 75.2 cm³/mol. The quantitative estimate of drug-likeness (QED) is 0.863. The molecule has 110 valence electrons. The van der Waals surface area contributed by atoms with Gasteiger partial charge in [0.25, 0.3) is 5.91 Å². The second kappa shape index (κ2) is 5.55. The Labute approximate surface area is 122 Å². The zero-order valence-electron chi connectivity index (χ0n) is 12.1. The molecule has 0 bridgehead atoms. The summed E-state index contributed by atoms with van der Waals surface area (Å²) in [6, 6.07) is 5.46. The third kappa shape index (κ3) is 3.04. The van der Waals surface area contributed by atoms with Gasteiger partial charge in [0.2, 0.25) is 5.88 Å². The van der Waals surface area contributed by atoms with Crippen molar-refractivity contribution in [2.24, 2.45) is 0 Å². The number of carbonyl (C=O) groups excluding carboxylic acids is 1. The van der Waals surface area contributed by atoms with E-state index in [0.717, 1.165) is 12.0 Å². The summed E-state index contributed by atoms with van der Waals surface area (Å²) in [5.74, 6) is 1.11. The van der Waals surface area contributed by atoms with Gasteiger partial charge in [-0.25, -0.2) is 4.98 Å². The van der Waals surface area contributed by atoms with Crippen LogP contribution < -0.4 is 4.74 Å². The van der Waals surface area contributed by atoms with Crippen LogP contribution in [0.2, 0.25) is 0 Å². The Morgan fingerprint density at radius 1 is 1.43 bits per heavy atom. The Bertz CT molecular complexity index is 636. The number of hydrogen-bond acceptors (Lipinski definition) is 5. The normalized spacial score (nSPS) is 18.0. The first-order chi connectivity index (χ1) is 10.1. The van der Waals surface area contributed by atoms with Gasteiger partial charge in [-0.05, 0) is 19.4 Å². The number of likely N-dealkylation sites (tertiary alicyclic amines) is 1. The molecule has 0 aliphatic carbocycles. The van der Waals surface area contributed by atoms with Crippen LogP contribution in [0.5, 0.6) is 5.88 Å². The number of nitrogens with zero attached hydrogens (tertiary/aromatic N) is 3. The fraction of sp³-hybridized carbons (Fsp3) is 0.400. The lowest BCUT2D eigenvalue weighted by Crippen LogP contribution is -2.31. The molecule has 2 aromatic rings. The first-order valence-electron chi connectivity index (χ1n) is 6.94. The molecule has 6 nitrogen and oxygen atoms in total. The number of carbonyl (C=O) groups is 1. The van der Waals surface area contributed by atoms with Crippen LogP contribution in [0.1, 0.15) is 28.2 Å². The molecule has 1 atom stereocenters. The Kier molecular flexibility index (Phi) is 3.60. The van der Waals surface area contributed by atoms with E-state index in [1.54, 1.807) is 24.1 Å². The van der Waals surface area contributed by atoms with Crippen molar-refractivity contribution in [3.63, 3.8) is 0 Å². The van der Waals surface area contributed by atoms with E-state index < -0.39 is 0 Å². The maximum Gasteiger partial charge on any atom is 0.276 e. The van der Waals surface area contributed by atoms with Gasteiger partial charge in [0.05, 0.1) is 6.54 Å². The monoisotopic (exact) mass is 287 g/mol. The maximum absolute atomic E-state index is 12.2. The molecule has 1 unspecified atom stereocenters. The van der Waals surface area contributed by atoms with Crippen molar-refractivity contribution in [3.8, 4) is 5.88 Å². The third-order valence-electron chi connectivity index (χ3n) is 3.45. The minimum atomic E-state index is -0.116. The minimum absolute atomic E-state index is 0.0304. The molecule has 1 fully saturated rings. The first-order valence-corrected chi connectivity index (χ1v) is 6.94. The second-order valence-corrected chi connectivity index (χ2v) is 5.28. The summed E-state index contributed by atoms with van der Waals surface area (Å²) < 4.78 is 10.7. The van der Waals surface area contributed by atoms with Crippen molar-refractivity contribution in [1.82, 2.24) is 15.0 Å². The zero-order chi connectivity index (χ0) is 14.8. The molecule has 0 radical (unpaired) electrons. The predicted octanol–water partition coefficient (Wildman–Crippen LogP) is 1.98. The number of ether oxygens (including phenoxy) is 1. The van der Waals surface area contributed by atoms with E-state index in [4.69, 9.17) is 9.26 Å². The molecule has 2 aromatic heterocycles. The maximum atomic E-state index is 12.2. The van der Waals surface area contributed by atoms with Crippen LogP contribution in [0.3, 0.4) is 0 Å². The SMILES string of the molecule is Cc1ccc(OC2CCN(C(=O)c3cc(C)on3)C2)nc1. The molecule has 1 amide bonds. The molecule has 1 aliphatic heterocycles. The van der Waals surface area contributed by atoms with Gasteiger partial charge < -0.3 is 14.2 Å². The van der Waals surface area contributed by atoms with Gasteiger partial charge in [-0.1, -0.05) is 11.2 Å². The van der Waals surface area contributed by atoms with Gasteiger partial charge in [-0.15, -0.1) is 0 Å². The van der Waals surface area contributed by atoms with Crippen molar-refractivity contribution in [2.45, 2.75) is 26.4 Å². The number of aromatic nitrogens is 2. The Morgan fingerprint density at radius 3 is 2.95 bits per heavy atom. The molecule has 6 heteroatoms. The summed E-state index contributed by atoms with van der Waals surface area (Å²) in [4.78, 5) is 18.2. The zero-order valence-corrected chi connectivity index (χ0v) is 12.1. The summed E-state index contributed by atoms with van der Waals surface area (Å²) in [5.41, 5.74) is 1.44. The largest absolute Gasteiger partial charge is 0.472 e. The highest BCUT2D eigenvalue weighted by atomic mass is 16.5. The molecule has 0 saturated carbocycles. The fourth-order valence-electron chi connectivity index (χ4n) is 2.33. The topological polar surface area (TPSA) is 68.5 Å². The van der Waals surface area contributed by atoms with E-state index in [2.05, 4.69) is 10.1 Å². The molecule has 0 aromatic carbocycles. The number of pyridine rings is 1. The van der Waals surface area contributed by atoms with Crippen LogP contribution >= 0.6 is 0 Å². The lowest BCUT2D eigenvalue weighted by molar-refractivity contribution is 0.0761. The third-order valence-corrected chi connectivity index (χ3v) is 3.45. The average molecular weight is 287 g/mol. The van der Waals surface area contributed by atoms with Gasteiger partial charge in [-0.3, -0.25) is 4.79 Å². The summed E-state index contributed by atoms with van der Waals surface area (Å²) in [6.45, 7) is 4.94. The summed E-state index contributed by atoms with van der Waals surface area (Å²) >= 11 is 0. The molecule has 0 spiro atoms. The van der Waals surface area contributed by atoms with Gasteiger partial charge in [-0.2, -0.15) is 0 Å². The molecule has 3 rings (SSSR count). The van der Waals surface area contributed by atoms with E-state index in [0.29, 0.717) is 30.4 Å². The van der Waals surface area contributed by atoms with Crippen LogP contribution in [-0.4, -0.2) is 40.1 Å². The molecule has 1 aliphatic rings. The molecular weight excluding hydrogens is 270 g/mol. The molecule has 1 saturated heterocycles. The van der Waals surface area contributed by atoms with Gasteiger partial charge in [0.15, 0.2) is 5.69 Å². The number of rotatable bonds is 3. The second-order valence-electron chi connectivity index (χ2n) is 5.28. The van der Waals surface area contributed by atoms with Gasteiger partial charge in [0.1, 0.15) is 11.9 Å². The molecular formula is C15H17N3O3. The highest BCUT2D eigenvalue weighted by molar-refractivity contribution is 5.92. The minimum Gasteiger partial charge on any atom is -0.472 e. The van der Waals surface area contributed by atoms with E-state index in [1.807, 2.05) is 19.1 Å². The molecule has 0 N–H and O–H groups in total. The van der Waals surface area contributed by atoms with Crippen LogP contribution in [0.15, 0.2) is 28.9 Å². The van der Waals surface area contributed by atoms with Crippen molar-refractivity contribution < 1.29 is 14.1 Å². The highest BCUT2D eigenvalue weighted by Gasteiger charge is 2.29. The lowest BCUT2D eigenvalue weighted by Gasteiger charge is -2.15. The molecule has 3 heterocycles. The standard InChI is InChI=1S/C15H17N3O3/c1-10-3-4-14(16-8-10)20-12-5-6-18(9-12)15(19)13-7-11(2)21-17-13/h3-4,7-8,12H,5-6,9H2,1-2H3. The Morgan fingerprint density at radius 2 is 2.29 bits per heavy atom. The van der Waals surface area contributed by atoms with Gasteiger partial charge in [0, 0.05) is 31.3 Å². The smallest absolute Gasteiger partial charge is 0.276 e. The fourth-order valence-corrected chi connectivity index (χ4v) is 2.33. The van der Waals surface area contributed by atoms with E-state index >= 15 is 0 Å². The Hall–Kier alpha value is -2.37. The number of amides is 1.